The molecule has 8 rings (SSSR count). The molecule has 0 saturated heterocycles. The number of amides is 2. The van der Waals surface area contributed by atoms with Crippen LogP contribution < -0.4 is 129 Å². The summed E-state index contributed by atoms with van der Waals surface area (Å²) in [5.74, 6) is 0.391. The fourth-order valence-electron chi connectivity index (χ4n) is 5.63. The van der Waals surface area contributed by atoms with Gasteiger partial charge in [0.05, 0.1) is 22.5 Å². The quantitative estimate of drug-likeness (QED) is 0.0660. The zero-order valence-electron chi connectivity index (χ0n) is 37.7. The fraction of sp³-hybridized carbons (Fsp3) is 0.133. The summed E-state index contributed by atoms with van der Waals surface area (Å²) in [6.45, 7) is 3.92. The predicted molar refractivity (Wildman–Crippen MR) is 245 cm³/mol. The van der Waals surface area contributed by atoms with Crippen LogP contribution >= 0.6 is 24.0 Å². The van der Waals surface area contributed by atoms with Crippen LogP contribution in [-0.4, -0.2) is 75.2 Å². The maximum atomic E-state index is 12.4. The summed E-state index contributed by atoms with van der Waals surface area (Å²) in [6, 6.07) is 30.1. The number of aryl methyl sites for hydroxylation is 2. The minimum atomic E-state index is -0.231. The number of carbonyl (C=O) groups is 3. The Bertz CT molecular complexity index is 2710. The zero-order valence-corrected chi connectivity index (χ0v) is 44.6. The number of benzene rings is 2. The summed E-state index contributed by atoms with van der Waals surface area (Å²) in [4.78, 5) is 55.2. The van der Waals surface area contributed by atoms with Gasteiger partial charge >= 0.3 is 103 Å². The predicted octanol–water partition coefficient (Wildman–Crippen LogP) is 1.45. The van der Waals surface area contributed by atoms with Crippen molar-refractivity contribution in [2.45, 2.75) is 13.8 Å². The van der Waals surface area contributed by atoms with Gasteiger partial charge < -0.3 is 41.2 Å². The second kappa shape index (κ2) is 28.2. The van der Waals surface area contributed by atoms with Crippen LogP contribution in [-0.2, 0) is 9.68 Å². The molecule has 0 aliphatic rings. The minimum absolute atomic E-state index is 0. The maximum absolute atomic E-state index is 12.4. The van der Waals surface area contributed by atoms with Gasteiger partial charge in [0.2, 0.25) is 0 Å². The van der Waals surface area contributed by atoms with Gasteiger partial charge in [0, 0.05) is 73.8 Å². The van der Waals surface area contributed by atoms with Crippen LogP contribution in [0.3, 0.4) is 0 Å². The largest absolute Gasteiger partial charge is 1.00 e. The number of nitrogens with one attached hydrogen (secondary N) is 3. The summed E-state index contributed by atoms with van der Waals surface area (Å²) in [5.41, 5.74) is 10.3. The first-order valence-corrected chi connectivity index (χ1v) is 19.1. The summed E-state index contributed by atoms with van der Waals surface area (Å²) in [6.07, 6.45) is 11.1. The monoisotopic (exact) mass is 954 g/mol. The molecule has 0 aliphatic heterocycles. The Hall–Kier alpha value is -3.90. The van der Waals surface area contributed by atoms with Gasteiger partial charge in [-0.3, -0.25) is 14.4 Å². The Kier molecular flexibility index (Phi) is 24.8. The summed E-state index contributed by atoms with van der Waals surface area (Å²) >= 11 is 5.74. The van der Waals surface area contributed by atoms with Crippen molar-refractivity contribution < 1.29 is 129 Å². The molecule has 0 bridgehead atoms. The molecule has 64 heavy (non-hydrogen) atoms. The molecule has 3 N–H and O–H groups in total. The number of hydrogen-bond donors (Lipinski definition) is 3. The fourth-order valence-corrected chi connectivity index (χ4v) is 5.75. The molecule has 0 atom stereocenters. The smallest absolute Gasteiger partial charge is 1.00 e. The minimum Gasteiger partial charge on any atom is -1.00 e. The number of anilines is 3. The van der Waals surface area contributed by atoms with E-state index in [1.807, 2.05) is 146 Å². The SMILES string of the molecule is CNC.Cc1ccc2nc(-c3ccc(NC(=O)c4ccc(Cl)nc4)cc3)cn2c1.Cc1ccc2nc(-c3ccc(NC(=O)c4ccc(N(C)C)nc4)cc3)cn2c1.Cl.O=CO[O-].[H-].[K+].[K+]. The molecule has 0 spiro atoms. The number of imidazole rings is 2. The van der Waals surface area contributed by atoms with Gasteiger partial charge in [0.25, 0.3) is 18.3 Å². The summed E-state index contributed by atoms with van der Waals surface area (Å²) in [5, 5.41) is 17.3. The first-order valence-electron chi connectivity index (χ1n) is 18.7. The van der Waals surface area contributed by atoms with Crippen LogP contribution in [0.15, 0.2) is 134 Å². The van der Waals surface area contributed by atoms with E-state index in [-0.39, 0.29) is 135 Å². The molecule has 0 fully saturated rings. The Balaban J connectivity index is 0.000000540. The van der Waals surface area contributed by atoms with Crippen LogP contribution in [0.25, 0.3) is 33.8 Å². The van der Waals surface area contributed by atoms with Gasteiger partial charge in [0.1, 0.15) is 22.3 Å². The van der Waals surface area contributed by atoms with Crippen molar-refractivity contribution in [2.24, 2.45) is 0 Å². The van der Waals surface area contributed by atoms with Gasteiger partial charge in [-0.15, -0.1) is 12.4 Å². The van der Waals surface area contributed by atoms with Crippen molar-refractivity contribution in [3.8, 4) is 22.5 Å². The van der Waals surface area contributed by atoms with Gasteiger partial charge in [-0.05, 0) is 99.7 Å². The molecular formula is C45H46Cl2K2N10O5. The topological polar surface area (TPSA) is 183 Å². The first kappa shape index (κ1) is 56.2. The Morgan fingerprint density at radius 3 is 1.42 bits per heavy atom. The average Bonchev–Trinajstić information content (AvgIpc) is 3.89. The molecule has 15 nitrogen and oxygen atoms in total. The third-order valence-corrected chi connectivity index (χ3v) is 8.80. The summed E-state index contributed by atoms with van der Waals surface area (Å²) < 4.78 is 4.03. The molecular weight excluding hydrogens is 910 g/mol. The number of fused-ring (bicyclic) bond motifs is 2. The number of carbonyl (C=O) groups excluding carboxylic acids is 3. The molecule has 0 saturated carbocycles. The molecule has 2 aromatic carbocycles. The molecule has 8 aromatic rings. The number of pyridine rings is 4. The third-order valence-electron chi connectivity index (χ3n) is 8.57. The third kappa shape index (κ3) is 16.5. The number of hydrogen-bond acceptors (Lipinski definition) is 11. The molecule has 6 aromatic heterocycles. The number of rotatable bonds is 8. The van der Waals surface area contributed by atoms with Crippen LogP contribution in [0.4, 0.5) is 17.2 Å². The van der Waals surface area contributed by atoms with Crippen molar-refractivity contribution in [3.63, 3.8) is 0 Å². The van der Waals surface area contributed by atoms with Crippen molar-refractivity contribution in [3.05, 3.63) is 162 Å². The molecule has 0 unspecified atom stereocenters. The van der Waals surface area contributed by atoms with Crippen LogP contribution in [0.5, 0.6) is 0 Å². The van der Waals surface area contributed by atoms with E-state index in [2.05, 4.69) is 53.9 Å². The van der Waals surface area contributed by atoms with E-state index in [4.69, 9.17) is 21.7 Å². The van der Waals surface area contributed by atoms with Crippen molar-refractivity contribution >= 4 is 70.8 Å². The van der Waals surface area contributed by atoms with Crippen LogP contribution in [0.2, 0.25) is 5.15 Å². The van der Waals surface area contributed by atoms with E-state index in [0.717, 1.165) is 45.3 Å². The second-order valence-corrected chi connectivity index (χ2v) is 14.0. The normalized spacial score (nSPS) is 9.75. The first-order chi connectivity index (χ1) is 29.4. The Morgan fingerprint density at radius 2 is 1.08 bits per heavy atom. The van der Waals surface area contributed by atoms with Gasteiger partial charge in [-0.2, -0.15) is 0 Å². The molecule has 2 amide bonds. The molecule has 0 radical (unpaired) electrons. The second-order valence-electron chi connectivity index (χ2n) is 13.6. The van der Waals surface area contributed by atoms with Crippen molar-refractivity contribution in [1.29, 1.82) is 0 Å². The number of nitrogens with zero attached hydrogens (tertiary/aromatic N) is 7. The van der Waals surface area contributed by atoms with E-state index in [1.165, 1.54) is 17.3 Å². The van der Waals surface area contributed by atoms with E-state index in [1.54, 1.807) is 24.4 Å². The molecule has 6 heterocycles. The van der Waals surface area contributed by atoms with Gasteiger partial charge in [0.15, 0.2) is 0 Å². The Labute approximate surface area is 469 Å². The Morgan fingerprint density at radius 1 is 0.672 bits per heavy atom. The van der Waals surface area contributed by atoms with Crippen molar-refractivity contribution in [1.82, 2.24) is 34.1 Å². The van der Waals surface area contributed by atoms with E-state index < -0.39 is 0 Å². The maximum Gasteiger partial charge on any atom is 1.00 e. The summed E-state index contributed by atoms with van der Waals surface area (Å²) in [7, 11) is 7.57. The van der Waals surface area contributed by atoms with Gasteiger partial charge in [-0.1, -0.05) is 48.0 Å². The van der Waals surface area contributed by atoms with Crippen LogP contribution in [0.1, 0.15) is 33.3 Å². The van der Waals surface area contributed by atoms with E-state index in [9.17, 15) is 9.59 Å². The average molecular weight is 956 g/mol. The van der Waals surface area contributed by atoms with E-state index in [0.29, 0.717) is 22.0 Å². The molecule has 19 heteroatoms. The zero-order chi connectivity index (χ0) is 43.9. The van der Waals surface area contributed by atoms with Crippen LogP contribution in [0, 0.1) is 13.8 Å². The standard InChI is InChI=1S/C22H21N5O.C20H15ClN4O.C2H7N.CH2O3.ClH.2K.H/c1-15-4-10-21-25-19(14-27(21)13-15)16-5-8-18(9-6-16)24-22(28)17-7-11-20(23-12-17)26(2)3;1-13-2-9-19-24-17(12-25(19)11-13)14-3-6-16(7-4-14)23-20(26)15-5-8-18(21)22-10-15;1-3-2;2-1-4-3;;;;/h4-14H,1-3H3,(H,24,28);2-12H,1H3,(H,23,26);3H,1-2H3;1,3H;1H;;;/q;;;;;2*+1;-1/p-1. The van der Waals surface area contributed by atoms with E-state index >= 15 is 0 Å². The number of aromatic nitrogens is 6. The molecule has 322 valence electrons. The van der Waals surface area contributed by atoms with Crippen molar-refractivity contribution in [2.75, 3.05) is 43.7 Å². The van der Waals surface area contributed by atoms with Gasteiger partial charge in [-0.25, -0.2) is 19.9 Å². The number of halogens is 2. The molecule has 0 aliphatic carbocycles.